The summed E-state index contributed by atoms with van der Waals surface area (Å²) in [5, 5.41) is 0. The summed E-state index contributed by atoms with van der Waals surface area (Å²) in [6.07, 6.45) is 0.0750. The fourth-order valence-electron chi connectivity index (χ4n) is 2.22. The van der Waals surface area contributed by atoms with E-state index in [-0.39, 0.29) is 37.5 Å². The Labute approximate surface area is 131 Å². The second-order valence-corrected chi connectivity index (χ2v) is 6.39. The van der Waals surface area contributed by atoms with Crippen molar-refractivity contribution < 1.29 is 28.5 Å². The van der Waals surface area contributed by atoms with Crippen molar-refractivity contribution in [2.24, 2.45) is 5.92 Å². The Balaban J connectivity index is 2.61. The zero-order valence-corrected chi connectivity index (χ0v) is 14.1. The van der Waals surface area contributed by atoms with Gasteiger partial charge in [-0.1, -0.05) is 0 Å². The van der Waals surface area contributed by atoms with Crippen molar-refractivity contribution in [2.45, 2.75) is 45.8 Å². The average Bonchev–Trinajstić information content (AvgIpc) is 2.41. The molecule has 1 heterocycles. The van der Waals surface area contributed by atoms with E-state index in [4.69, 9.17) is 18.9 Å². The van der Waals surface area contributed by atoms with Crippen LogP contribution in [0.15, 0.2) is 0 Å². The van der Waals surface area contributed by atoms with Crippen molar-refractivity contribution in [3.63, 3.8) is 0 Å². The van der Waals surface area contributed by atoms with Gasteiger partial charge < -0.3 is 23.8 Å². The second kappa shape index (κ2) is 8.33. The number of hydrogen-bond acceptors (Lipinski definition) is 6. The van der Waals surface area contributed by atoms with Gasteiger partial charge in [0, 0.05) is 26.5 Å². The quantitative estimate of drug-likeness (QED) is 0.568. The van der Waals surface area contributed by atoms with Gasteiger partial charge in [-0.2, -0.15) is 0 Å². The van der Waals surface area contributed by atoms with E-state index in [1.165, 1.54) is 14.0 Å². The summed E-state index contributed by atoms with van der Waals surface area (Å²) in [6.45, 7) is 8.22. The van der Waals surface area contributed by atoms with Crippen molar-refractivity contribution in [1.82, 2.24) is 4.90 Å². The lowest BCUT2D eigenvalue weighted by Crippen LogP contribution is -2.50. The van der Waals surface area contributed by atoms with Gasteiger partial charge in [0.1, 0.15) is 12.4 Å². The summed E-state index contributed by atoms with van der Waals surface area (Å²) in [4.78, 5) is 24.7. The smallest absolute Gasteiger partial charge is 0.410 e. The van der Waals surface area contributed by atoms with Crippen LogP contribution in [-0.4, -0.2) is 62.3 Å². The van der Waals surface area contributed by atoms with Crippen molar-refractivity contribution in [3.05, 3.63) is 0 Å². The largest absolute Gasteiger partial charge is 0.465 e. The van der Waals surface area contributed by atoms with Gasteiger partial charge in [0.25, 0.3) is 0 Å². The van der Waals surface area contributed by atoms with Crippen LogP contribution >= 0.6 is 0 Å². The molecule has 0 bridgehead atoms. The van der Waals surface area contributed by atoms with Gasteiger partial charge in [-0.25, -0.2) is 4.79 Å². The summed E-state index contributed by atoms with van der Waals surface area (Å²) < 4.78 is 21.0. The Hall–Kier alpha value is -1.34. The molecular formula is C15H27NO6. The molecule has 2 atom stereocenters. The summed E-state index contributed by atoms with van der Waals surface area (Å²) >= 11 is 0. The molecule has 1 aliphatic rings. The predicted octanol–water partition coefficient (Wildman–Crippen LogP) is 1.80. The van der Waals surface area contributed by atoms with Crippen molar-refractivity contribution in [1.29, 1.82) is 0 Å². The van der Waals surface area contributed by atoms with Crippen LogP contribution in [0.5, 0.6) is 0 Å². The van der Waals surface area contributed by atoms with E-state index in [1.54, 1.807) is 4.90 Å². The molecule has 1 aliphatic heterocycles. The zero-order chi connectivity index (χ0) is 16.8. The van der Waals surface area contributed by atoms with Crippen LogP contribution in [0.1, 0.15) is 34.1 Å². The first kappa shape index (κ1) is 18.7. The van der Waals surface area contributed by atoms with Crippen LogP contribution in [0.2, 0.25) is 0 Å². The molecule has 0 aromatic rings. The summed E-state index contributed by atoms with van der Waals surface area (Å²) in [7, 11) is 1.54. The van der Waals surface area contributed by atoms with E-state index < -0.39 is 5.60 Å². The number of carbonyl (C=O) groups is 2. The molecule has 0 aromatic heterocycles. The Morgan fingerprint density at radius 3 is 2.50 bits per heavy atom. The zero-order valence-electron chi connectivity index (χ0n) is 14.1. The lowest BCUT2D eigenvalue weighted by atomic mass is 9.94. The van der Waals surface area contributed by atoms with E-state index in [2.05, 4.69) is 0 Å². The molecule has 7 nitrogen and oxygen atoms in total. The van der Waals surface area contributed by atoms with Crippen LogP contribution in [-0.2, 0) is 23.7 Å². The molecule has 0 radical (unpaired) electrons. The molecule has 22 heavy (non-hydrogen) atoms. The van der Waals surface area contributed by atoms with E-state index in [9.17, 15) is 9.59 Å². The number of likely N-dealkylation sites (tertiary alicyclic amines) is 1. The van der Waals surface area contributed by atoms with E-state index in [0.717, 1.165) is 0 Å². The highest BCUT2D eigenvalue weighted by molar-refractivity contribution is 5.68. The van der Waals surface area contributed by atoms with Gasteiger partial charge in [-0.3, -0.25) is 4.79 Å². The lowest BCUT2D eigenvalue weighted by Gasteiger charge is -2.38. The van der Waals surface area contributed by atoms with Crippen LogP contribution in [0.4, 0.5) is 4.79 Å². The van der Waals surface area contributed by atoms with Crippen molar-refractivity contribution >= 4 is 12.1 Å². The normalized spacial score (nSPS) is 22.3. The molecule has 0 spiro atoms. The Morgan fingerprint density at radius 2 is 1.95 bits per heavy atom. The highest BCUT2D eigenvalue weighted by Gasteiger charge is 2.34. The molecule has 0 aromatic carbocycles. The second-order valence-electron chi connectivity index (χ2n) is 6.39. The SMILES string of the molecule is COCO[C@H]1CN(C(=O)OC(C)(C)C)CC[C@H]1COC(C)=O. The standard InChI is InChI=1S/C15H27NO6/c1-11(17)20-9-12-6-7-16(8-13(12)21-10-19-5)14(18)22-15(2,3)4/h12-13H,6-10H2,1-5H3/t12-,13-/m0/s1. The van der Waals surface area contributed by atoms with E-state index in [1.807, 2.05) is 20.8 Å². The van der Waals surface area contributed by atoms with Crippen LogP contribution in [0.3, 0.4) is 0 Å². The number of piperidine rings is 1. The number of carbonyl (C=O) groups excluding carboxylic acids is 2. The first-order chi connectivity index (χ1) is 10.2. The first-order valence-corrected chi connectivity index (χ1v) is 7.44. The fourth-order valence-corrected chi connectivity index (χ4v) is 2.22. The van der Waals surface area contributed by atoms with Gasteiger partial charge in [0.15, 0.2) is 0 Å². The van der Waals surface area contributed by atoms with Crippen molar-refractivity contribution in [2.75, 3.05) is 33.6 Å². The molecule has 0 N–H and O–H groups in total. The van der Waals surface area contributed by atoms with Gasteiger partial charge in [-0.15, -0.1) is 0 Å². The van der Waals surface area contributed by atoms with Gasteiger partial charge >= 0.3 is 12.1 Å². The minimum atomic E-state index is -0.533. The number of amides is 1. The Kier molecular flexibility index (Phi) is 7.09. The number of ether oxygens (including phenoxy) is 4. The van der Waals surface area contributed by atoms with Crippen LogP contribution < -0.4 is 0 Å². The maximum atomic E-state index is 12.1. The van der Waals surface area contributed by atoms with E-state index >= 15 is 0 Å². The highest BCUT2D eigenvalue weighted by atomic mass is 16.7. The third-order valence-corrected chi connectivity index (χ3v) is 3.25. The summed E-state index contributed by atoms with van der Waals surface area (Å²) in [6, 6.07) is 0. The molecule has 0 aliphatic carbocycles. The molecule has 7 heteroatoms. The number of rotatable bonds is 5. The molecule has 1 saturated heterocycles. The molecule has 128 valence electrons. The number of hydrogen-bond donors (Lipinski definition) is 0. The average molecular weight is 317 g/mol. The minimum absolute atomic E-state index is 0.0396. The monoisotopic (exact) mass is 317 g/mol. The number of esters is 1. The lowest BCUT2D eigenvalue weighted by molar-refractivity contribution is -0.150. The summed E-state index contributed by atoms with van der Waals surface area (Å²) in [5.41, 5.74) is -0.533. The van der Waals surface area contributed by atoms with Gasteiger partial charge in [0.05, 0.1) is 19.3 Å². The Morgan fingerprint density at radius 1 is 1.27 bits per heavy atom. The van der Waals surface area contributed by atoms with Crippen LogP contribution in [0.25, 0.3) is 0 Å². The predicted molar refractivity (Wildman–Crippen MR) is 79.3 cm³/mol. The van der Waals surface area contributed by atoms with Gasteiger partial charge in [-0.05, 0) is 27.2 Å². The Bertz CT molecular complexity index is 379. The van der Waals surface area contributed by atoms with Crippen LogP contribution in [0, 0.1) is 5.92 Å². The molecule has 1 rings (SSSR count). The molecule has 1 amide bonds. The summed E-state index contributed by atoms with van der Waals surface area (Å²) in [5.74, 6) is -0.280. The molecule has 0 saturated carbocycles. The van der Waals surface area contributed by atoms with Gasteiger partial charge in [0.2, 0.25) is 0 Å². The fraction of sp³-hybridized carbons (Fsp3) is 0.867. The molecule has 1 fully saturated rings. The van der Waals surface area contributed by atoms with Crippen molar-refractivity contribution in [3.8, 4) is 0 Å². The third kappa shape index (κ3) is 6.62. The topological polar surface area (TPSA) is 74.3 Å². The third-order valence-electron chi connectivity index (χ3n) is 3.25. The minimum Gasteiger partial charge on any atom is -0.465 e. The molecule has 0 unspecified atom stereocenters. The maximum Gasteiger partial charge on any atom is 0.410 e. The number of methoxy groups -OCH3 is 1. The number of nitrogens with zero attached hydrogens (tertiary/aromatic N) is 1. The maximum absolute atomic E-state index is 12.1. The van der Waals surface area contributed by atoms with E-state index in [0.29, 0.717) is 19.5 Å². The highest BCUT2D eigenvalue weighted by Crippen LogP contribution is 2.23. The first-order valence-electron chi connectivity index (χ1n) is 7.44. The molecular weight excluding hydrogens is 290 g/mol.